The van der Waals surface area contributed by atoms with E-state index in [-0.39, 0.29) is 0 Å². The second kappa shape index (κ2) is 15.3. The van der Waals surface area contributed by atoms with Crippen LogP contribution in [0, 0.1) is 0 Å². The van der Waals surface area contributed by atoms with Crippen LogP contribution in [0.15, 0.2) is 158 Å². The first-order valence-electron chi connectivity index (χ1n) is 22.6. The third kappa shape index (κ3) is 7.29. The lowest BCUT2D eigenvalue weighted by Gasteiger charge is -2.31. The van der Waals surface area contributed by atoms with Crippen molar-refractivity contribution in [1.82, 2.24) is 0 Å². The Morgan fingerprint density at radius 1 is 0.226 bits per heavy atom. The van der Waals surface area contributed by atoms with Crippen LogP contribution in [0.1, 0.15) is 0 Å². The minimum Gasteiger partial charge on any atom is -0.0656 e. The van der Waals surface area contributed by atoms with E-state index in [4.69, 9.17) is 0 Å². The highest BCUT2D eigenvalue weighted by Crippen LogP contribution is 2.51. The Balaban J connectivity index is 1.68. The largest absolute Gasteiger partial charge is 0.0774 e. The van der Waals surface area contributed by atoms with Crippen LogP contribution in [0.4, 0.5) is 0 Å². The van der Waals surface area contributed by atoms with Crippen molar-refractivity contribution in [3.63, 3.8) is 0 Å². The molecule has 4 heteroatoms. The first kappa shape index (κ1) is 42.2. The molecule has 9 rings (SSSR count). The first-order chi connectivity index (χ1) is 29.3. The summed E-state index contributed by atoms with van der Waals surface area (Å²) in [5.41, 5.74) is 10.4. The van der Waals surface area contributed by atoms with E-state index in [1.54, 1.807) is 20.7 Å². The van der Waals surface area contributed by atoms with E-state index in [1.165, 1.54) is 87.6 Å². The molecule has 62 heavy (non-hydrogen) atoms. The molecule has 0 bridgehead atoms. The topological polar surface area (TPSA) is 0 Å². The summed E-state index contributed by atoms with van der Waals surface area (Å²) in [6, 6.07) is 60.9. The molecule has 0 atom stereocenters. The molecule has 0 fully saturated rings. The van der Waals surface area contributed by atoms with Crippen molar-refractivity contribution < 1.29 is 0 Å². The van der Waals surface area contributed by atoms with Gasteiger partial charge in [-0.15, -0.1) is 0 Å². The molecule has 0 saturated carbocycles. The molecule has 0 aromatic heterocycles. The van der Waals surface area contributed by atoms with Crippen molar-refractivity contribution in [3.05, 3.63) is 158 Å². The van der Waals surface area contributed by atoms with E-state index in [0.29, 0.717) is 0 Å². The minimum atomic E-state index is -1.82. The second-order valence-electron chi connectivity index (χ2n) is 21.8. The zero-order chi connectivity index (χ0) is 43.9. The molecule has 0 spiro atoms. The predicted molar refractivity (Wildman–Crippen MR) is 290 cm³/mol. The quantitative estimate of drug-likeness (QED) is 0.105. The molecule has 0 aliphatic carbocycles. The standard InChI is InChI=1S/C58H62Si4/c1-59(2,3)49-35-45-47(37-51(49)61(7,8)9)57-43(53(39-25-17-13-18-26-39)55(45)41-29-21-15-22-30-41)33-34-44-54(40-27-19-14-20-28-40)56(42-31-23-16-24-32-42)46-36-50(60(4,5)6)52(62(10,11)12)38-48(46)58(44)57/h13-38H,1-12H3. The highest BCUT2D eigenvalue weighted by atomic mass is 28.3. The van der Waals surface area contributed by atoms with Gasteiger partial charge in [0.1, 0.15) is 0 Å². The monoisotopic (exact) mass is 870 g/mol. The second-order valence-corrected chi connectivity index (χ2v) is 41.9. The third-order valence-corrected chi connectivity index (χ3v) is 21.7. The van der Waals surface area contributed by atoms with Gasteiger partial charge in [0.05, 0.1) is 32.3 Å². The number of rotatable bonds is 8. The van der Waals surface area contributed by atoms with Gasteiger partial charge in [-0.25, -0.2) is 0 Å². The fraction of sp³-hybridized carbons (Fsp3) is 0.207. The van der Waals surface area contributed by atoms with E-state index < -0.39 is 32.3 Å². The van der Waals surface area contributed by atoms with Gasteiger partial charge in [0, 0.05) is 0 Å². The molecule has 9 aromatic rings. The molecule has 9 aromatic carbocycles. The van der Waals surface area contributed by atoms with Gasteiger partial charge < -0.3 is 0 Å². The molecule has 0 unspecified atom stereocenters. The highest BCUT2D eigenvalue weighted by molar-refractivity contribution is 6.99. The number of hydrogen-bond donors (Lipinski definition) is 0. The lowest BCUT2D eigenvalue weighted by molar-refractivity contribution is 1.62. The molecule has 310 valence electrons. The average molecular weight is 871 g/mol. The van der Waals surface area contributed by atoms with E-state index >= 15 is 0 Å². The molecule has 0 N–H and O–H groups in total. The summed E-state index contributed by atoms with van der Waals surface area (Å²) in [7, 11) is -7.24. The van der Waals surface area contributed by atoms with E-state index in [1.807, 2.05) is 0 Å². The molecule has 0 aliphatic heterocycles. The van der Waals surface area contributed by atoms with E-state index in [0.717, 1.165) is 0 Å². The van der Waals surface area contributed by atoms with Crippen molar-refractivity contribution in [1.29, 1.82) is 0 Å². The zero-order valence-electron chi connectivity index (χ0n) is 39.0. The maximum Gasteiger partial charge on any atom is 0.0774 e. The van der Waals surface area contributed by atoms with Gasteiger partial charge in [-0.05, 0) is 87.6 Å². The lowest BCUT2D eigenvalue weighted by Crippen LogP contribution is -2.56. The summed E-state index contributed by atoms with van der Waals surface area (Å²) < 4.78 is 0. The summed E-state index contributed by atoms with van der Waals surface area (Å²) in [4.78, 5) is 0. The van der Waals surface area contributed by atoms with Crippen molar-refractivity contribution >= 4 is 96.1 Å². The van der Waals surface area contributed by atoms with Crippen LogP contribution in [-0.4, -0.2) is 32.3 Å². The molecule has 0 saturated heterocycles. The Morgan fingerprint density at radius 3 is 0.661 bits per heavy atom. The van der Waals surface area contributed by atoms with Crippen molar-refractivity contribution in [3.8, 4) is 44.5 Å². The van der Waals surface area contributed by atoms with Crippen molar-refractivity contribution in [2.75, 3.05) is 0 Å². The molecule has 0 radical (unpaired) electrons. The van der Waals surface area contributed by atoms with Gasteiger partial charge in [-0.3, -0.25) is 0 Å². The SMILES string of the molecule is C[Si](C)(C)c1cc2c(-c3ccccc3)c(-c3ccccc3)c3ccc4c(-c5ccccc5)c(-c5ccccc5)c5cc([Si](C)(C)C)c([Si](C)(C)C)cc5c4c3c2cc1[Si](C)(C)C. The number of benzene rings is 9. The van der Waals surface area contributed by atoms with Crippen molar-refractivity contribution in [2.24, 2.45) is 0 Å². The van der Waals surface area contributed by atoms with E-state index in [9.17, 15) is 0 Å². The molecule has 0 heterocycles. The Bertz CT molecular complexity index is 2940. The maximum absolute atomic E-state index is 2.72. The fourth-order valence-electron chi connectivity index (χ4n) is 10.2. The molecular weight excluding hydrogens is 809 g/mol. The van der Waals surface area contributed by atoms with Crippen LogP contribution in [0.2, 0.25) is 78.6 Å². The normalized spacial score (nSPS) is 12.8. The Hall–Kier alpha value is -5.11. The number of hydrogen-bond acceptors (Lipinski definition) is 0. The summed E-state index contributed by atoms with van der Waals surface area (Å²) in [5.74, 6) is 0. The smallest absolute Gasteiger partial charge is 0.0656 e. The highest BCUT2D eigenvalue weighted by Gasteiger charge is 2.33. The van der Waals surface area contributed by atoms with Gasteiger partial charge in [0.15, 0.2) is 0 Å². The summed E-state index contributed by atoms with van der Waals surface area (Å²) in [6.45, 7) is 30.6. The van der Waals surface area contributed by atoms with Crippen molar-refractivity contribution in [2.45, 2.75) is 78.6 Å². The molecule has 0 nitrogen and oxygen atoms in total. The molecule has 0 aliphatic rings. The van der Waals surface area contributed by atoms with Gasteiger partial charge in [0.2, 0.25) is 0 Å². The molecule has 0 amide bonds. The summed E-state index contributed by atoms with van der Waals surface area (Å²) in [5, 5.41) is 17.4. The van der Waals surface area contributed by atoms with Crippen LogP contribution < -0.4 is 20.7 Å². The lowest BCUT2D eigenvalue weighted by atomic mass is 9.80. The Morgan fingerprint density at radius 2 is 0.435 bits per heavy atom. The van der Waals surface area contributed by atoms with E-state index in [2.05, 4.69) is 236 Å². The number of fused-ring (bicyclic) bond motifs is 7. The Labute approximate surface area is 374 Å². The van der Waals surface area contributed by atoms with Gasteiger partial charge in [-0.1, -0.05) is 257 Å². The van der Waals surface area contributed by atoms with Crippen LogP contribution >= 0.6 is 0 Å². The summed E-state index contributed by atoms with van der Waals surface area (Å²) in [6.07, 6.45) is 0. The van der Waals surface area contributed by atoms with Gasteiger partial charge in [-0.2, -0.15) is 0 Å². The predicted octanol–water partition coefficient (Wildman–Crippen LogP) is 15.1. The van der Waals surface area contributed by atoms with Gasteiger partial charge >= 0.3 is 0 Å². The van der Waals surface area contributed by atoms with Crippen LogP contribution in [0.25, 0.3) is 87.6 Å². The van der Waals surface area contributed by atoms with Gasteiger partial charge in [0.25, 0.3) is 0 Å². The third-order valence-electron chi connectivity index (χ3n) is 13.1. The van der Waals surface area contributed by atoms with Crippen LogP contribution in [0.5, 0.6) is 0 Å². The summed E-state index contributed by atoms with van der Waals surface area (Å²) >= 11 is 0. The maximum atomic E-state index is 2.72. The van der Waals surface area contributed by atoms with Crippen LogP contribution in [-0.2, 0) is 0 Å². The minimum absolute atomic E-state index is 1.26. The fourth-order valence-corrected chi connectivity index (χ4v) is 20.6. The average Bonchev–Trinajstić information content (AvgIpc) is 3.24. The zero-order valence-corrected chi connectivity index (χ0v) is 43.0. The molecular formula is C58H62Si4. The first-order valence-corrected chi connectivity index (χ1v) is 36.6. The Kier molecular flexibility index (Phi) is 10.4. The van der Waals surface area contributed by atoms with Crippen LogP contribution in [0.3, 0.4) is 0 Å².